The molecule has 0 atom stereocenters. The number of hydrogen-bond acceptors (Lipinski definition) is 5. The minimum Gasteiger partial charge on any atom is -0.497 e. The molecule has 0 spiro atoms. The number of aliphatic hydroxyl groups excluding tert-OH is 1. The van der Waals surface area contributed by atoms with Crippen LogP contribution in [0.1, 0.15) is 16.7 Å². The Morgan fingerprint density at radius 1 is 1.00 bits per heavy atom. The maximum atomic E-state index is 9.45. The molecular formula is C21H20N4O2. The van der Waals surface area contributed by atoms with Crippen molar-refractivity contribution < 1.29 is 9.84 Å². The van der Waals surface area contributed by atoms with Crippen molar-refractivity contribution in [3.05, 3.63) is 71.7 Å². The minimum absolute atomic E-state index is 0.0120. The first-order chi connectivity index (χ1) is 13.1. The van der Waals surface area contributed by atoms with E-state index in [-0.39, 0.29) is 6.61 Å². The summed E-state index contributed by atoms with van der Waals surface area (Å²) in [5, 5.41) is 13.6. The molecule has 1 N–H and O–H groups in total. The zero-order valence-corrected chi connectivity index (χ0v) is 15.3. The van der Waals surface area contributed by atoms with Gasteiger partial charge in [0.2, 0.25) is 0 Å². The molecule has 2 aromatic carbocycles. The molecule has 0 saturated heterocycles. The van der Waals surface area contributed by atoms with Crippen LogP contribution in [0.15, 0.2) is 55.0 Å². The summed E-state index contributed by atoms with van der Waals surface area (Å²) in [5.74, 6) is 0.746. The summed E-state index contributed by atoms with van der Waals surface area (Å²) >= 11 is 0. The average Bonchev–Trinajstić information content (AvgIpc) is 3.13. The molecule has 2 heterocycles. The highest BCUT2D eigenvalue weighted by molar-refractivity contribution is 5.77. The predicted molar refractivity (Wildman–Crippen MR) is 103 cm³/mol. The number of benzene rings is 2. The third-order valence-corrected chi connectivity index (χ3v) is 4.46. The van der Waals surface area contributed by atoms with Gasteiger partial charge in [-0.25, -0.2) is 4.98 Å². The second kappa shape index (κ2) is 7.17. The maximum absolute atomic E-state index is 9.45. The second-order valence-electron chi connectivity index (χ2n) is 6.51. The topological polar surface area (TPSA) is 73.1 Å². The fraction of sp³-hybridized carbons (Fsp3) is 0.190. The third kappa shape index (κ3) is 3.66. The van der Waals surface area contributed by atoms with E-state index in [0.29, 0.717) is 0 Å². The van der Waals surface area contributed by atoms with Crippen LogP contribution in [0.25, 0.3) is 22.3 Å². The molecule has 27 heavy (non-hydrogen) atoms. The molecule has 0 unspecified atom stereocenters. The van der Waals surface area contributed by atoms with Gasteiger partial charge in [-0.3, -0.25) is 9.67 Å². The molecule has 6 heteroatoms. The molecule has 0 fully saturated rings. The summed E-state index contributed by atoms with van der Waals surface area (Å²) in [5.41, 5.74) is 6.48. The van der Waals surface area contributed by atoms with Crippen LogP contribution in [0.4, 0.5) is 0 Å². The molecule has 2 aromatic heterocycles. The van der Waals surface area contributed by atoms with Gasteiger partial charge >= 0.3 is 0 Å². The van der Waals surface area contributed by atoms with Crippen LogP contribution in [0.5, 0.6) is 5.75 Å². The zero-order chi connectivity index (χ0) is 18.8. The van der Waals surface area contributed by atoms with Gasteiger partial charge in [-0.15, -0.1) is 0 Å². The van der Waals surface area contributed by atoms with Crippen molar-refractivity contribution in [2.24, 2.45) is 7.05 Å². The number of nitrogens with zero attached hydrogens (tertiary/aromatic N) is 4. The number of aryl methyl sites for hydroxylation is 1. The molecule has 0 saturated carbocycles. The van der Waals surface area contributed by atoms with Gasteiger partial charge in [-0.2, -0.15) is 5.10 Å². The third-order valence-electron chi connectivity index (χ3n) is 4.46. The Hall–Kier alpha value is -3.25. The molecule has 136 valence electrons. The predicted octanol–water partition coefficient (Wildman–Crippen LogP) is 3.12. The number of ether oxygens (including phenoxy) is 1. The van der Waals surface area contributed by atoms with Crippen LogP contribution in [0.3, 0.4) is 0 Å². The summed E-state index contributed by atoms with van der Waals surface area (Å²) in [4.78, 5) is 9.27. The van der Waals surface area contributed by atoms with Crippen molar-refractivity contribution in [1.29, 1.82) is 0 Å². The van der Waals surface area contributed by atoms with Crippen LogP contribution >= 0.6 is 0 Å². The van der Waals surface area contributed by atoms with Crippen LogP contribution in [0, 0.1) is 0 Å². The Balaban J connectivity index is 1.68. The Morgan fingerprint density at radius 2 is 1.85 bits per heavy atom. The highest BCUT2D eigenvalue weighted by atomic mass is 16.5. The van der Waals surface area contributed by atoms with E-state index in [2.05, 4.69) is 22.2 Å². The molecule has 6 nitrogen and oxygen atoms in total. The summed E-state index contributed by atoms with van der Waals surface area (Å²) in [7, 11) is 3.51. The first-order valence-electron chi connectivity index (χ1n) is 8.67. The fourth-order valence-corrected chi connectivity index (χ4v) is 3.14. The van der Waals surface area contributed by atoms with Crippen LogP contribution in [-0.4, -0.2) is 32.0 Å². The normalized spacial score (nSPS) is 11.1. The molecule has 0 radical (unpaired) electrons. The van der Waals surface area contributed by atoms with Crippen molar-refractivity contribution in [3.8, 4) is 17.0 Å². The van der Waals surface area contributed by atoms with Crippen molar-refractivity contribution in [3.63, 3.8) is 0 Å². The second-order valence-corrected chi connectivity index (χ2v) is 6.51. The monoisotopic (exact) mass is 360 g/mol. The molecule has 0 aliphatic heterocycles. The number of rotatable bonds is 5. The minimum atomic E-state index is -0.0120. The number of aliphatic hydroxyl groups is 1. The first kappa shape index (κ1) is 17.2. The number of methoxy groups -OCH3 is 1. The van der Waals surface area contributed by atoms with Crippen LogP contribution < -0.4 is 4.74 Å². The van der Waals surface area contributed by atoms with Gasteiger partial charge in [0.25, 0.3) is 0 Å². The first-order valence-corrected chi connectivity index (χ1v) is 8.67. The Bertz CT molecular complexity index is 1080. The van der Waals surface area contributed by atoms with Crippen molar-refractivity contribution >= 4 is 11.0 Å². The Kier molecular flexibility index (Phi) is 4.56. The lowest BCUT2D eigenvalue weighted by Crippen LogP contribution is -1.95. The van der Waals surface area contributed by atoms with Gasteiger partial charge in [-0.05, 0) is 47.4 Å². The van der Waals surface area contributed by atoms with E-state index in [4.69, 9.17) is 9.72 Å². The summed E-state index contributed by atoms with van der Waals surface area (Å²) in [6.07, 6.45) is 6.20. The largest absolute Gasteiger partial charge is 0.497 e. The summed E-state index contributed by atoms with van der Waals surface area (Å²) in [6.45, 7) is -0.0120. The molecule has 4 rings (SSSR count). The Labute approximate surface area is 157 Å². The van der Waals surface area contributed by atoms with Crippen molar-refractivity contribution in [1.82, 2.24) is 19.7 Å². The lowest BCUT2D eigenvalue weighted by molar-refractivity contribution is 0.281. The molecule has 0 bridgehead atoms. The number of fused-ring (bicyclic) bond motifs is 1. The van der Waals surface area contributed by atoms with E-state index >= 15 is 0 Å². The van der Waals surface area contributed by atoms with Gasteiger partial charge in [0, 0.05) is 18.8 Å². The van der Waals surface area contributed by atoms with Gasteiger partial charge in [0.15, 0.2) is 0 Å². The zero-order valence-electron chi connectivity index (χ0n) is 15.3. The van der Waals surface area contributed by atoms with Gasteiger partial charge in [0.1, 0.15) is 5.75 Å². The quantitative estimate of drug-likeness (QED) is 0.592. The summed E-state index contributed by atoms with van der Waals surface area (Å²) in [6, 6.07) is 11.9. The van der Waals surface area contributed by atoms with Crippen LogP contribution in [0.2, 0.25) is 0 Å². The lowest BCUT2D eigenvalue weighted by Gasteiger charge is -2.09. The van der Waals surface area contributed by atoms with E-state index in [0.717, 1.165) is 51.2 Å². The molecule has 0 amide bonds. The van der Waals surface area contributed by atoms with E-state index in [1.165, 1.54) is 0 Å². The number of aromatic nitrogens is 4. The lowest BCUT2D eigenvalue weighted by atomic mass is 10.0. The summed E-state index contributed by atoms with van der Waals surface area (Å²) < 4.78 is 7.08. The maximum Gasteiger partial charge on any atom is 0.119 e. The smallest absolute Gasteiger partial charge is 0.119 e. The van der Waals surface area contributed by atoms with E-state index in [1.807, 2.05) is 37.5 Å². The molecule has 0 aliphatic rings. The van der Waals surface area contributed by atoms with Gasteiger partial charge in [-0.1, -0.05) is 12.1 Å². The highest BCUT2D eigenvalue weighted by Gasteiger charge is 2.07. The van der Waals surface area contributed by atoms with Crippen molar-refractivity contribution in [2.75, 3.05) is 7.11 Å². The number of hydrogen-bond donors (Lipinski definition) is 1. The van der Waals surface area contributed by atoms with Crippen LogP contribution in [-0.2, 0) is 20.1 Å². The molecular weight excluding hydrogens is 340 g/mol. The average molecular weight is 360 g/mol. The fourth-order valence-electron chi connectivity index (χ4n) is 3.14. The molecule has 0 aliphatic carbocycles. The highest BCUT2D eigenvalue weighted by Crippen LogP contribution is 2.23. The van der Waals surface area contributed by atoms with E-state index in [9.17, 15) is 5.11 Å². The van der Waals surface area contributed by atoms with Gasteiger partial charge < -0.3 is 9.84 Å². The Morgan fingerprint density at radius 3 is 2.59 bits per heavy atom. The molecule has 4 aromatic rings. The SMILES string of the molecule is COc1cc(CO)cc(Cc2ccc3ncc(-c4cnn(C)c4)nc3c2)c1. The van der Waals surface area contributed by atoms with Crippen molar-refractivity contribution in [2.45, 2.75) is 13.0 Å². The standard InChI is InChI=1S/C21H20N4O2/c1-25-12-17(10-23-25)21-11-22-19-4-3-14(9-20(19)24-21)5-15-6-16(13-26)8-18(7-15)27-2/h3-4,6-12,26H,5,13H2,1-2H3. The van der Waals surface area contributed by atoms with Gasteiger partial charge in [0.05, 0.1) is 42.8 Å². The van der Waals surface area contributed by atoms with E-state index in [1.54, 1.807) is 24.2 Å². The van der Waals surface area contributed by atoms with E-state index < -0.39 is 0 Å².